The minimum atomic E-state index is -0.468. The molecule has 0 spiro atoms. The van der Waals surface area contributed by atoms with Crippen LogP contribution in [0.25, 0.3) is 0 Å². The Balaban J connectivity index is 2.11. The van der Waals surface area contributed by atoms with Gasteiger partial charge >= 0.3 is 6.03 Å². The number of aryl methyl sites for hydroxylation is 1. The maximum atomic E-state index is 12.0. The third-order valence-electron chi connectivity index (χ3n) is 3.81. The van der Waals surface area contributed by atoms with E-state index in [1.807, 2.05) is 43.3 Å². The van der Waals surface area contributed by atoms with Gasteiger partial charge in [-0.25, -0.2) is 4.79 Å². The summed E-state index contributed by atoms with van der Waals surface area (Å²) in [4.78, 5) is 24.9. The highest BCUT2D eigenvalue weighted by molar-refractivity contribution is 6.13. The Morgan fingerprint density at radius 1 is 1.08 bits per heavy atom. The predicted molar refractivity (Wildman–Crippen MR) is 89.8 cm³/mol. The molecule has 6 heteroatoms. The minimum absolute atomic E-state index is 0.0430. The van der Waals surface area contributed by atoms with Gasteiger partial charge in [-0.15, -0.1) is 0 Å². The molecule has 2 aromatic rings. The van der Waals surface area contributed by atoms with Gasteiger partial charge in [0.25, 0.3) is 0 Å². The molecule has 0 aliphatic carbocycles. The van der Waals surface area contributed by atoms with Gasteiger partial charge in [-0.1, -0.05) is 31.2 Å². The molecule has 1 aliphatic rings. The van der Waals surface area contributed by atoms with E-state index in [1.165, 1.54) is 4.90 Å². The van der Waals surface area contributed by atoms with Gasteiger partial charge in [-0.2, -0.15) is 0 Å². The van der Waals surface area contributed by atoms with Crippen molar-refractivity contribution in [1.29, 1.82) is 0 Å². The van der Waals surface area contributed by atoms with Gasteiger partial charge in [0.05, 0.1) is 12.8 Å². The van der Waals surface area contributed by atoms with E-state index < -0.39 is 6.03 Å². The molecule has 3 rings (SSSR count). The summed E-state index contributed by atoms with van der Waals surface area (Å²) in [5, 5.41) is 2.27. The molecule has 0 unspecified atom stereocenters. The quantitative estimate of drug-likeness (QED) is 0.857. The zero-order valence-electron chi connectivity index (χ0n) is 13.5. The number of carbonyl (C=O) groups excluding carboxylic acids is 2. The molecule has 1 aliphatic heterocycles. The number of imide groups is 1. The summed E-state index contributed by atoms with van der Waals surface area (Å²) < 4.78 is 11.5. The lowest BCUT2D eigenvalue weighted by atomic mass is 10.1. The second kappa shape index (κ2) is 6.62. The SMILES string of the molecule is CCc1ccc(N2CC(=O)NC2=O)c(Oc2ccccc2)c1OC. The molecular formula is C18H18N2O4. The van der Waals surface area contributed by atoms with Gasteiger partial charge in [0.15, 0.2) is 11.5 Å². The van der Waals surface area contributed by atoms with Gasteiger partial charge in [0, 0.05) is 0 Å². The zero-order chi connectivity index (χ0) is 17.1. The Morgan fingerprint density at radius 2 is 1.83 bits per heavy atom. The summed E-state index contributed by atoms with van der Waals surface area (Å²) in [5.41, 5.74) is 1.45. The molecule has 6 nitrogen and oxygen atoms in total. The topological polar surface area (TPSA) is 67.9 Å². The normalized spacial score (nSPS) is 13.8. The third-order valence-corrected chi connectivity index (χ3v) is 3.81. The molecule has 0 saturated carbocycles. The number of nitrogens with zero attached hydrogens (tertiary/aromatic N) is 1. The Hall–Kier alpha value is -3.02. The van der Waals surface area contributed by atoms with Crippen LogP contribution in [0.1, 0.15) is 12.5 Å². The molecule has 3 amide bonds. The van der Waals surface area contributed by atoms with Crippen LogP contribution < -0.4 is 19.7 Å². The number of hydrogen-bond donors (Lipinski definition) is 1. The fourth-order valence-corrected chi connectivity index (χ4v) is 2.65. The highest BCUT2D eigenvalue weighted by atomic mass is 16.5. The summed E-state index contributed by atoms with van der Waals surface area (Å²) in [7, 11) is 1.56. The fraction of sp³-hybridized carbons (Fsp3) is 0.222. The molecule has 1 fully saturated rings. The van der Waals surface area contributed by atoms with Crippen molar-refractivity contribution in [3.63, 3.8) is 0 Å². The van der Waals surface area contributed by atoms with Crippen LogP contribution >= 0.6 is 0 Å². The van der Waals surface area contributed by atoms with Crippen molar-refractivity contribution in [2.24, 2.45) is 0 Å². The first-order valence-electron chi connectivity index (χ1n) is 7.68. The van der Waals surface area contributed by atoms with Crippen molar-refractivity contribution < 1.29 is 19.1 Å². The van der Waals surface area contributed by atoms with Crippen molar-refractivity contribution in [3.05, 3.63) is 48.0 Å². The summed E-state index contributed by atoms with van der Waals surface area (Å²) in [6, 6.07) is 12.4. The Morgan fingerprint density at radius 3 is 2.42 bits per heavy atom. The summed E-state index contributed by atoms with van der Waals surface area (Å²) in [5.74, 6) is 1.26. The zero-order valence-corrected chi connectivity index (χ0v) is 13.5. The molecule has 2 aromatic carbocycles. The number of para-hydroxylation sites is 1. The monoisotopic (exact) mass is 326 g/mol. The maximum absolute atomic E-state index is 12.0. The smallest absolute Gasteiger partial charge is 0.329 e. The molecule has 0 bridgehead atoms. The van der Waals surface area contributed by atoms with Crippen LogP contribution in [0.3, 0.4) is 0 Å². The largest absolute Gasteiger partial charge is 0.492 e. The van der Waals surface area contributed by atoms with Gasteiger partial charge in [0.2, 0.25) is 5.91 Å². The predicted octanol–water partition coefficient (Wildman–Crippen LogP) is 3.11. The van der Waals surface area contributed by atoms with E-state index in [9.17, 15) is 9.59 Å². The van der Waals surface area contributed by atoms with E-state index in [-0.39, 0.29) is 12.5 Å². The maximum Gasteiger partial charge on any atom is 0.329 e. The van der Waals surface area contributed by atoms with Crippen LogP contribution in [0.15, 0.2) is 42.5 Å². The van der Waals surface area contributed by atoms with Gasteiger partial charge in [0.1, 0.15) is 12.3 Å². The van der Waals surface area contributed by atoms with Crippen LogP contribution in [0.2, 0.25) is 0 Å². The van der Waals surface area contributed by atoms with Gasteiger partial charge < -0.3 is 9.47 Å². The number of anilines is 1. The number of ether oxygens (including phenoxy) is 2. The standard InChI is InChI=1S/C18H18N2O4/c1-3-12-9-10-14(20-11-15(21)19-18(20)22)17(16(12)23-2)24-13-7-5-4-6-8-13/h4-10H,3,11H2,1-2H3,(H,19,21,22). The highest BCUT2D eigenvalue weighted by Gasteiger charge is 2.32. The summed E-state index contributed by atoms with van der Waals surface area (Å²) in [6.07, 6.45) is 0.750. The van der Waals surface area contributed by atoms with Gasteiger partial charge in [-0.05, 0) is 30.2 Å². The average molecular weight is 326 g/mol. The van der Waals surface area contributed by atoms with E-state index in [4.69, 9.17) is 9.47 Å². The Bertz CT molecular complexity index is 774. The number of urea groups is 1. The fourth-order valence-electron chi connectivity index (χ4n) is 2.65. The molecule has 0 aromatic heterocycles. The van der Waals surface area contributed by atoms with E-state index in [2.05, 4.69) is 5.32 Å². The van der Waals surface area contributed by atoms with Crippen LogP contribution in [-0.4, -0.2) is 25.6 Å². The highest BCUT2D eigenvalue weighted by Crippen LogP contribution is 2.43. The third kappa shape index (κ3) is 2.90. The molecule has 1 saturated heterocycles. The summed E-state index contributed by atoms with van der Waals surface area (Å²) in [6.45, 7) is 1.97. The second-order valence-electron chi connectivity index (χ2n) is 5.31. The molecule has 1 N–H and O–H groups in total. The lowest BCUT2D eigenvalue weighted by Gasteiger charge is -2.21. The average Bonchev–Trinajstić information content (AvgIpc) is 2.93. The Kier molecular flexibility index (Phi) is 4.37. The van der Waals surface area contributed by atoms with Crippen LogP contribution in [0.5, 0.6) is 17.2 Å². The molecule has 0 radical (unpaired) electrons. The lowest BCUT2D eigenvalue weighted by molar-refractivity contribution is -0.117. The van der Waals surface area contributed by atoms with Crippen LogP contribution in [0.4, 0.5) is 10.5 Å². The van der Waals surface area contributed by atoms with Crippen molar-refractivity contribution in [3.8, 4) is 17.2 Å². The van der Waals surface area contributed by atoms with Crippen molar-refractivity contribution >= 4 is 17.6 Å². The van der Waals surface area contributed by atoms with Crippen molar-refractivity contribution in [1.82, 2.24) is 5.32 Å². The number of hydrogen-bond acceptors (Lipinski definition) is 4. The molecular weight excluding hydrogens is 308 g/mol. The van der Waals surface area contributed by atoms with Crippen molar-refractivity contribution in [2.45, 2.75) is 13.3 Å². The number of rotatable bonds is 5. The number of nitrogens with one attached hydrogen (secondary N) is 1. The molecule has 124 valence electrons. The minimum Gasteiger partial charge on any atom is -0.492 e. The molecule has 1 heterocycles. The van der Waals surface area contributed by atoms with E-state index >= 15 is 0 Å². The first kappa shape index (κ1) is 15.9. The number of methoxy groups -OCH3 is 1. The van der Waals surface area contributed by atoms with E-state index in [0.717, 1.165) is 12.0 Å². The second-order valence-corrected chi connectivity index (χ2v) is 5.31. The van der Waals surface area contributed by atoms with Crippen molar-refractivity contribution in [2.75, 3.05) is 18.6 Å². The Labute approximate surface area is 140 Å². The van der Waals surface area contributed by atoms with Crippen LogP contribution in [-0.2, 0) is 11.2 Å². The first-order chi connectivity index (χ1) is 11.6. The first-order valence-corrected chi connectivity index (χ1v) is 7.68. The van der Waals surface area contributed by atoms with E-state index in [0.29, 0.717) is 22.9 Å². The molecule has 0 atom stereocenters. The number of benzene rings is 2. The van der Waals surface area contributed by atoms with E-state index in [1.54, 1.807) is 13.2 Å². The summed E-state index contributed by atoms with van der Waals surface area (Å²) >= 11 is 0. The van der Waals surface area contributed by atoms with Crippen LogP contribution in [0, 0.1) is 0 Å². The lowest BCUT2D eigenvalue weighted by Crippen LogP contribution is -2.28. The van der Waals surface area contributed by atoms with Gasteiger partial charge in [-0.3, -0.25) is 15.0 Å². The number of amides is 3. The number of carbonyl (C=O) groups is 2. The molecule has 24 heavy (non-hydrogen) atoms.